The van der Waals surface area contributed by atoms with Crippen LogP contribution in [-0.4, -0.2) is 45.4 Å². The molecule has 0 saturated carbocycles. The maximum absolute atomic E-state index is 12.2. The van der Waals surface area contributed by atoms with Crippen molar-refractivity contribution in [2.75, 3.05) is 26.2 Å². The van der Waals surface area contributed by atoms with E-state index in [0.29, 0.717) is 11.0 Å². The highest BCUT2D eigenvalue weighted by molar-refractivity contribution is 9.10. The Morgan fingerprint density at radius 3 is 2.61 bits per heavy atom. The van der Waals surface area contributed by atoms with Gasteiger partial charge in [0, 0.05) is 11.0 Å². The van der Waals surface area contributed by atoms with E-state index in [0.717, 1.165) is 26.1 Å². The Morgan fingerprint density at radius 1 is 1.26 bits per heavy atom. The number of halogens is 1. The lowest BCUT2D eigenvalue weighted by Crippen LogP contribution is -2.33. The van der Waals surface area contributed by atoms with Crippen LogP contribution in [0.2, 0.25) is 0 Å². The SMILES string of the molecule is NS(=O)(=O)c1ccc(Br)c(C(=O)NCCCN2CCCCC2)c1. The van der Waals surface area contributed by atoms with Crippen molar-refractivity contribution in [2.45, 2.75) is 30.6 Å². The summed E-state index contributed by atoms with van der Waals surface area (Å²) in [6, 6.07) is 4.17. The zero-order valence-corrected chi connectivity index (χ0v) is 15.3. The maximum Gasteiger partial charge on any atom is 0.252 e. The molecule has 1 aliphatic rings. The summed E-state index contributed by atoms with van der Waals surface area (Å²) < 4.78 is 23.3. The Morgan fingerprint density at radius 2 is 1.96 bits per heavy atom. The van der Waals surface area contributed by atoms with Gasteiger partial charge < -0.3 is 10.2 Å². The first kappa shape index (κ1) is 18.4. The van der Waals surface area contributed by atoms with Gasteiger partial charge in [0.05, 0.1) is 10.5 Å². The van der Waals surface area contributed by atoms with E-state index in [-0.39, 0.29) is 16.4 Å². The van der Waals surface area contributed by atoms with Crippen molar-refractivity contribution in [3.63, 3.8) is 0 Å². The number of hydrogen-bond donors (Lipinski definition) is 2. The summed E-state index contributed by atoms with van der Waals surface area (Å²) in [5.41, 5.74) is 0.273. The number of primary sulfonamides is 1. The fourth-order valence-corrected chi connectivity index (χ4v) is 3.60. The van der Waals surface area contributed by atoms with Crippen LogP contribution in [0, 0.1) is 0 Å². The highest BCUT2D eigenvalue weighted by Gasteiger charge is 2.15. The van der Waals surface area contributed by atoms with Crippen LogP contribution < -0.4 is 10.5 Å². The molecule has 0 radical (unpaired) electrons. The standard InChI is InChI=1S/C15H22BrN3O3S/c16-14-6-5-12(23(17,21)22)11-13(14)15(20)18-7-4-10-19-8-2-1-3-9-19/h5-6,11H,1-4,7-10H2,(H,18,20)(H2,17,21,22). The summed E-state index contributed by atoms with van der Waals surface area (Å²) >= 11 is 3.26. The molecule has 0 spiro atoms. The third kappa shape index (κ3) is 5.56. The number of hydrogen-bond acceptors (Lipinski definition) is 4. The summed E-state index contributed by atoms with van der Waals surface area (Å²) in [6.07, 6.45) is 4.68. The number of amides is 1. The number of carbonyl (C=O) groups excluding carboxylic acids is 1. The van der Waals surface area contributed by atoms with Gasteiger partial charge in [0.25, 0.3) is 5.91 Å². The van der Waals surface area contributed by atoms with E-state index < -0.39 is 10.0 Å². The second kappa shape index (κ2) is 8.23. The summed E-state index contributed by atoms with van der Waals surface area (Å²) in [4.78, 5) is 14.5. The largest absolute Gasteiger partial charge is 0.352 e. The molecule has 1 amide bonds. The lowest BCUT2D eigenvalue weighted by atomic mass is 10.1. The van der Waals surface area contributed by atoms with E-state index in [1.54, 1.807) is 0 Å². The van der Waals surface area contributed by atoms with Crippen LogP contribution in [0.4, 0.5) is 0 Å². The second-order valence-corrected chi connectivity index (χ2v) is 8.11. The molecule has 0 atom stereocenters. The van der Waals surface area contributed by atoms with Gasteiger partial charge in [-0.15, -0.1) is 0 Å². The molecular formula is C15H22BrN3O3S. The molecule has 1 fully saturated rings. The van der Waals surface area contributed by atoms with Gasteiger partial charge in [0.1, 0.15) is 0 Å². The number of benzene rings is 1. The van der Waals surface area contributed by atoms with Gasteiger partial charge >= 0.3 is 0 Å². The highest BCUT2D eigenvalue weighted by Crippen LogP contribution is 2.20. The van der Waals surface area contributed by atoms with Crippen LogP contribution >= 0.6 is 15.9 Å². The Hall–Kier alpha value is -0.960. The van der Waals surface area contributed by atoms with E-state index >= 15 is 0 Å². The Bertz CT molecular complexity index is 658. The first-order valence-corrected chi connectivity index (χ1v) is 10.0. The topological polar surface area (TPSA) is 92.5 Å². The van der Waals surface area contributed by atoms with E-state index in [1.807, 2.05) is 0 Å². The van der Waals surface area contributed by atoms with Crippen LogP contribution in [0.15, 0.2) is 27.6 Å². The fourth-order valence-electron chi connectivity index (χ4n) is 2.64. The molecule has 0 bridgehead atoms. The van der Waals surface area contributed by atoms with Gasteiger partial charge in [-0.05, 0) is 73.0 Å². The third-order valence-corrected chi connectivity index (χ3v) is 5.50. The number of nitrogens with zero attached hydrogens (tertiary/aromatic N) is 1. The zero-order chi connectivity index (χ0) is 16.9. The molecule has 0 aliphatic carbocycles. The summed E-state index contributed by atoms with van der Waals surface area (Å²) in [6.45, 7) is 3.80. The van der Waals surface area contributed by atoms with Crippen LogP contribution in [0.3, 0.4) is 0 Å². The van der Waals surface area contributed by atoms with Crippen molar-refractivity contribution < 1.29 is 13.2 Å². The molecule has 1 saturated heterocycles. The second-order valence-electron chi connectivity index (χ2n) is 5.70. The minimum atomic E-state index is -3.82. The summed E-state index contributed by atoms with van der Waals surface area (Å²) in [7, 11) is -3.82. The van der Waals surface area contributed by atoms with Crippen molar-refractivity contribution in [1.82, 2.24) is 10.2 Å². The van der Waals surface area contributed by atoms with E-state index in [9.17, 15) is 13.2 Å². The van der Waals surface area contributed by atoms with Crippen LogP contribution in [0.5, 0.6) is 0 Å². The number of piperidine rings is 1. The Labute approximate surface area is 145 Å². The molecule has 3 N–H and O–H groups in total. The van der Waals surface area contributed by atoms with Crippen LogP contribution in [0.25, 0.3) is 0 Å². The lowest BCUT2D eigenvalue weighted by Gasteiger charge is -2.26. The molecule has 0 unspecified atom stereocenters. The third-order valence-electron chi connectivity index (χ3n) is 3.90. The molecule has 1 aromatic rings. The van der Waals surface area contributed by atoms with Gasteiger partial charge in [0.15, 0.2) is 0 Å². The van der Waals surface area contributed by atoms with Crippen LogP contribution in [-0.2, 0) is 10.0 Å². The Balaban J connectivity index is 1.87. The van der Waals surface area contributed by atoms with Crippen LogP contribution in [0.1, 0.15) is 36.0 Å². The molecule has 23 heavy (non-hydrogen) atoms. The van der Waals surface area contributed by atoms with Gasteiger partial charge in [-0.25, -0.2) is 13.6 Å². The number of sulfonamides is 1. The average Bonchev–Trinajstić information content (AvgIpc) is 2.51. The molecule has 1 aliphatic heterocycles. The number of nitrogens with one attached hydrogen (secondary N) is 1. The van der Waals surface area contributed by atoms with E-state index in [2.05, 4.69) is 26.1 Å². The molecule has 8 heteroatoms. The quantitative estimate of drug-likeness (QED) is 0.706. The highest BCUT2D eigenvalue weighted by atomic mass is 79.9. The molecular weight excluding hydrogens is 382 g/mol. The summed E-state index contributed by atoms with van der Waals surface area (Å²) in [5.74, 6) is -0.305. The fraction of sp³-hybridized carbons (Fsp3) is 0.533. The smallest absolute Gasteiger partial charge is 0.252 e. The van der Waals surface area contributed by atoms with E-state index in [1.165, 1.54) is 37.5 Å². The molecule has 0 aromatic heterocycles. The van der Waals surface area contributed by atoms with Crippen molar-refractivity contribution >= 4 is 31.9 Å². The van der Waals surface area contributed by atoms with Crippen molar-refractivity contribution in [2.24, 2.45) is 5.14 Å². The average molecular weight is 404 g/mol. The zero-order valence-electron chi connectivity index (χ0n) is 12.9. The number of rotatable bonds is 6. The number of carbonyl (C=O) groups is 1. The summed E-state index contributed by atoms with van der Waals surface area (Å²) in [5, 5.41) is 7.93. The van der Waals surface area contributed by atoms with Crippen molar-refractivity contribution in [1.29, 1.82) is 0 Å². The minimum Gasteiger partial charge on any atom is -0.352 e. The van der Waals surface area contributed by atoms with Gasteiger partial charge in [0.2, 0.25) is 10.0 Å². The van der Waals surface area contributed by atoms with E-state index in [4.69, 9.17) is 5.14 Å². The molecule has 6 nitrogen and oxygen atoms in total. The van der Waals surface area contributed by atoms with Gasteiger partial charge in [-0.2, -0.15) is 0 Å². The predicted octanol–water partition coefficient (Wildman–Crippen LogP) is 1.70. The first-order chi connectivity index (χ1) is 10.9. The minimum absolute atomic E-state index is 0.0702. The predicted molar refractivity (Wildman–Crippen MR) is 92.8 cm³/mol. The van der Waals surface area contributed by atoms with Gasteiger partial charge in [-0.1, -0.05) is 6.42 Å². The Kier molecular flexibility index (Phi) is 6.58. The normalized spacial score (nSPS) is 16.3. The number of nitrogens with two attached hydrogens (primary N) is 1. The van der Waals surface area contributed by atoms with Crippen molar-refractivity contribution in [3.05, 3.63) is 28.2 Å². The molecule has 1 heterocycles. The monoisotopic (exact) mass is 403 g/mol. The molecule has 1 aromatic carbocycles. The lowest BCUT2D eigenvalue weighted by molar-refractivity contribution is 0.0950. The maximum atomic E-state index is 12.2. The first-order valence-electron chi connectivity index (χ1n) is 7.71. The van der Waals surface area contributed by atoms with Crippen molar-refractivity contribution in [3.8, 4) is 0 Å². The number of likely N-dealkylation sites (tertiary alicyclic amines) is 1. The van der Waals surface area contributed by atoms with Gasteiger partial charge in [-0.3, -0.25) is 4.79 Å². The molecule has 2 rings (SSSR count). The molecule has 128 valence electrons.